The molecule has 0 radical (unpaired) electrons. The number of hydrogen-bond donors (Lipinski definition) is 2. The molecule has 0 saturated carbocycles. The maximum absolute atomic E-state index is 12.0. The van der Waals surface area contributed by atoms with Crippen molar-refractivity contribution >= 4 is 5.91 Å². The summed E-state index contributed by atoms with van der Waals surface area (Å²) in [6, 6.07) is 6.90. The van der Waals surface area contributed by atoms with Crippen LogP contribution in [0.5, 0.6) is 0 Å². The van der Waals surface area contributed by atoms with Gasteiger partial charge in [0, 0.05) is 43.8 Å². The van der Waals surface area contributed by atoms with E-state index in [2.05, 4.69) is 32.2 Å². The van der Waals surface area contributed by atoms with Crippen LogP contribution in [0, 0.1) is 12.8 Å². The number of aliphatic hydroxyl groups is 1. The third-order valence-corrected chi connectivity index (χ3v) is 5.72. The number of likely N-dealkylation sites (tertiary alicyclic amines) is 2. The first-order chi connectivity index (χ1) is 12.7. The van der Waals surface area contributed by atoms with Crippen molar-refractivity contribution in [2.24, 2.45) is 5.92 Å². The molecule has 0 bridgehead atoms. The van der Waals surface area contributed by atoms with Crippen molar-refractivity contribution in [2.45, 2.75) is 45.2 Å². The van der Waals surface area contributed by atoms with E-state index in [0.717, 1.165) is 57.0 Å². The predicted octanol–water partition coefficient (Wildman–Crippen LogP) is 1.17. The van der Waals surface area contributed by atoms with Crippen LogP contribution in [0.4, 0.5) is 0 Å². The first kappa shape index (κ1) is 19.3. The third kappa shape index (κ3) is 5.25. The van der Waals surface area contributed by atoms with Crippen LogP contribution in [-0.2, 0) is 11.3 Å². The predicted molar refractivity (Wildman–Crippen MR) is 102 cm³/mol. The minimum Gasteiger partial charge on any atom is -0.395 e. The number of amides is 1. The zero-order chi connectivity index (χ0) is 18.4. The van der Waals surface area contributed by atoms with E-state index in [9.17, 15) is 4.79 Å². The van der Waals surface area contributed by atoms with E-state index in [0.29, 0.717) is 12.6 Å². The molecule has 6 heteroatoms. The Balaban J connectivity index is 1.39. The molecule has 1 aromatic rings. The Morgan fingerprint density at radius 2 is 1.92 bits per heavy atom. The normalized spacial score (nSPS) is 21.0. The number of rotatable bonds is 6. The lowest BCUT2D eigenvalue weighted by atomic mass is 9.92. The molecule has 2 aliphatic rings. The minimum absolute atomic E-state index is 0.0151. The van der Waals surface area contributed by atoms with Gasteiger partial charge in [-0.25, -0.2) is 0 Å². The van der Waals surface area contributed by atoms with Crippen molar-refractivity contribution in [1.82, 2.24) is 20.1 Å². The molecule has 0 aliphatic carbocycles. The number of nitrogens with one attached hydrogen (secondary N) is 1. The first-order valence-corrected chi connectivity index (χ1v) is 9.93. The summed E-state index contributed by atoms with van der Waals surface area (Å²) in [5.41, 5.74) is 2.25. The SMILES string of the molecule is Cc1cccc(CN2CCC(N3CCC(C(=O)NCCO)CC3)CC2)n1. The Bertz CT molecular complexity index is 579. The Morgan fingerprint density at radius 1 is 1.19 bits per heavy atom. The van der Waals surface area contributed by atoms with E-state index < -0.39 is 0 Å². The highest BCUT2D eigenvalue weighted by Crippen LogP contribution is 2.24. The van der Waals surface area contributed by atoms with Crippen LogP contribution in [0.1, 0.15) is 37.1 Å². The van der Waals surface area contributed by atoms with Gasteiger partial charge in [0.15, 0.2) is 0 Å². The van der Waals surface area contributed by atoms with E-state index in [1.54, 1.807) is 0 Å². The highest BCUT2D eigenvalue weighted by atomic mass is 16.3. The van der Waals surface area contributed by atoms with Crippen molar-refractivity contribution in [3.8, 4) is 0 Å². The summed E-state index contributed by atoms with van der Waals surface area (Å²) in [4.78, 5) is 21.7. The summed E-state index contributed by atoms with van der Waals surface area (Å²) in [7, 11) is 0. The lowest BCUT2D eigenvalue weighted by Crippen LogP contribution is -2.49. The molecule has 6 nitrogen and oxygen atoms in total. The summed E-state index contributed by atoms with van der Waals surface area (Å²) in [6.45, 7) is 7.65. The molecule has 26 heavy (non-hydrogen) atoms. The quantitative estimate of drug-likeness (QED) is 0.797. The summed E-state index contributed by atoms with van der Waals surface area (Å²) in [5.74, 6) is 0.226. The third-order valence-electron chi connectivity index (χ3n) is 5.72. The molecule has 2 aliphatic heterocycles. The fourth-order valence-electron chi connectivity index (χ4n) is 4.21. The average molecular weight is 361 g/mol. The molecule has 2 fully saturated rings. The van der Waals surface area contributed by atoms with Gasteiger partial charge in [-0.3, -0.25) is 14.7 Å². The number of piperidine rings is 2. The minimum atomic E-state index is 0.0151. The number of aryl methyl sites for hydroxylation is 1. The van der Waals surface area contributed by atoms with Gasteiger partial charge in [0.05, 0.1) is 12.3 Å². The van der Waals surface area contributed by atoms with Gasteiger partial charge in [0.1, 0.15) is 0 Å². The molecule has 1 aromatic heterocycles. The van der Waals surface area contributed by atoms with E-state index in [4.69, 9.17) is 5.11 Å². The number of carbonyl (C=O) groups is 1. The number of hydrogen-bond acceptors (Lipinski definition) is 5. The standard InChI is InChI=1S/C20H32N4O2/c1-16-3-2-4-18(22-16)15-23-10-7-19(8-11-23)24-12-5-17(6-13-24)20(26)21-9-14-25/h2-4,17,19,25H,5-15H2,1H3,(H,21,26). The van der Waals surface area contributed by atoms with Crippen LogP contribution in [0.25, 0.3) is 0 Å². The van der Waals surface area contributed by atoms with Crippen LogP contribution in [0.15, 0.2) is 18.2 Å². The van der Waals surface area contributed by atoms with Gasteiger partial charge in [-0.2, -0.15) is 0 Å². The summed E-state index contributed by atoms with van der Waals surface area (Å²) < 4.78 is 0. The lowest BCUT2D eigenvalue weighted by Gasteiger charge is -2.41. The molecule has 3 rings (SSSR count). The lowest BCUT2D eigenvalue weighted by molar-refractivity contribution is -0.126. The van der Waals surface area contributed by atoms with Crippen molar-refractivity contribution < 1.29 is 9.90 Å². The van der Waals surface area contributed by atoms with Crippen LogP contribution in [0.2, 0.25) is 0 Å². The highest BCUT2D eigenvalue weighted by Gasteiger charge is 2.30. The second kappa shape index (κ2) is 9.44. The number of carbonyl (C=O) groups excluding carboxylic acids is 1. The van der Waals surface area contributed by atoms with Crippen LogP contribution in [0.3, 0.4) is 0 Å². The van der Waals surface area contributed by atoms with Gasteiger partial charge >= 0.3 is 0 Å². The van der Waals surface area contributed by atoms with Gasteiger partial charge in [-0.1, -0.05) is 6.07 Å². The molecule has 2 N–H and O–H groups in total. The Labute approximate surface area is 156 Å². The van der Waals surface area contributed by atoms with Crippen LogP contribution < -0.4 is 5.32 Å². The fourth-order valence-corrected chi connectivity index (χ4v) is 4.21. The van der Waals surface area contributed by atoms with E-state index in [1.807, 2.05) is 13.0 Å². The second-order valence-electron chi connectivity index (χ2n) is 7.60. The van der Waals surface area contributed by atoms with Gasteiger partial charge < -0.3 is 15.3 Å². The molecule has 2 saturated heterocycles. The zero-order valence-corrected chi connectivity index (χ0v) is 15.9. The van der Waals surface area contributed by atoms with E-state index in [1.165, 1.54) is 12.8 Å². The maximum Gasteiger partial charge on any atom is 0.223 e. The summed E-state index contributed by atoms with van der Waals surface area (Å²) >= 11 is 0. The largest absolute Gasteiger partial charge is 0.395 e. The molecular weight excluding hydrogens is 328 g/mol. The zero-order valence-electron chi connectivity index (χ0n) is 15.9. The molecule has 0 unspecified atom stereocenters. The number of pyridine rings is 1. The van der Waals surface area contributed by atoms with Crippen molar-refractivity contribution in [3.05, 3.63) is 29.6 Å². The molecule has 0 spiro atoms. The second-order valence-corrected chi connectivity index (χ2v) is 7.60. The number of aromatic nitrogens is 1. The smallest absolute Gasteiger partial charge is 0.223 e. The van der Waals surface area contributed by atoms with E-state index in [-0.39, 0.29) is 18.4 Å². The molecule has 144 valence electrons. The van der Waals surface area contributed by atoms with Crippen molar-refractivity contribution in [3.63, 3.8) is 0 Å². The van der Waals surface area contributed by atoms with Crippen molar-refractivity contribution in [2.75, 3.05) is 39.3 Å². The number of nitrogens with zero attached hydrogens (tertiary/aromatic N) is 3. The summed E-state index contributed by atoms with van der Waals surface area (Å²) in [5, 5.41) is 11.6. The molecule has 1 amide bonds. The Morgan fingerprint density at radius 3 is 2.58 bits per heavy atom. The summed E-state index contributed by atoms with van der Waals surface area (Å²) in [6.07, 6.45) is 4.27. The number of aliphatic hydroxyl groups excluding tert-OH is 1. The fraction of sp³-hybridized carbons (Fsp3) is 0.700. The van der Waals surface area contributed by atoms with Gasteiger partial charge in [-0.05, 0) is 57.8 Å². The molecule has 3 heterocycles. The van der Waals surface area contributed by atoms with Crippen LogP contribution in [-0.4, -0.2) is 71.2 Å². The van der Waals surface area contributed by atoms with Gasteiger partial charge in [0.25, 0.3) is 0 Å². The topological polar surface area (TPSA) is 68.7 Å². The average Bonchev–Trinajstić information content (AvgIpc) is 2.67. The van der Waals surface area contributed by atoms with E-state index >= 15 is 0 Å². The van der Waals surface area contributed by atoms with Gasteiger partial charge in [0.2, 0.25) is 5.91 Å². The van der Waals surface area contributed by atoms with Crippen molar-refractivity contribution in [1.29, 1.82) is 0 Å². The first-order valence-electron chi connectivity index (χ1n) is 9.93. The van der Waals surface area contributed by atoms with Crippen LogP contribution >= 0.6 is 0 Å². The Hall–Kier alpha value is -1.50. The molecule has 0 aromatic carbocycles. The molecule has 0 atom stereocenters. The monoisotopic (exact) mass is 360 g/mol. The van der Waals surface area contributed by atoms with Gasteiger partial charge in [-0.15, -0.1) is 0 Å². The highest BCUT2D eigenvalue weighted by molar-refractivity contribution is 5.78. The Kier molecular flexibility index (Phi) is 7.00. The molecular formula is C20H32N4O2. The maximum atomic E-state index is 12.0.